The molecular weight excluding hydrogens is 367 g/mol. The van der Waals surface area contributed by atoms with Crippen LogP contribution in [0.3, 0.4) is 0 Å². The van der Waals surface area contributed by atoms with Crippen molar-refractivity contribution in [1.29, 1.82) is 0 Å². The number of rotatable bonds is 4. The van der Waals surface area contributed by atoms with E-state index in [0.29, 0.717) is 6.07 Å². The first-order chi connectivity index (χ1) is 8.93. The van der Waals surface area contributed by atoms with Gasteiger partial charge in [-0.3, -0.25) is 9.52 Å². The van der Waals surface area contributed by atoms with Crippen molar-refractivity contribution in [1.82, 2.24) is 0 Å². The minimum atomic E-state index is -4.65. The van der Waals surface area contributed by atoms with Crippen molar-refractivity contribution in [2.75, 3.05) is 4.72 Å². The number of carboxylic acid groups (broad SMARTS) is 1. The molecule has 0 saturated carbocycles. The van der Waals surface area contributed by atoms with Crippen molar-refractivity contribution in [2.45, 2.75) is 18.3 Å². The molecule has 0 aliphatic carbocycles. The van der Waals surface area contributed by atoms with E-state index in [0.717, 1.165) is 19.1 Å². The molecule has 5 nitrogen and oxygen atoms in total. The maximum Gasteiger partial charge on any atom is 0.416 e. The number of aliphatic carboxylic acids is 1. The van der Waals surface area contributed by atoms with E-state index in [1.807, 2.05) is 4.72 Å². The van der Waals surface area contributed by atoms with Crippen molar-refractivity contribution in [2.24, 2.45) is 0 Å². The fourth-order valence-corrected chi connectivity index (χ4v) is 2.58. The molecule has 0 spiro atoms. The van der Waals surface area contributed by atoms with E-state index in [4.69, 9.17) is 5.11 Å². The molecule has 1 aromatic carbocycles. The minimum Gasteiger partial charge on any atom is -0.480 e. The zero-order chi connectivity index (χ0) is 15.7. The summed E-state index contributed by atoms with van der Waals surface area (Å²) in [6, 6.07) is 2.46. The number of carboxylic acids is 1. The van der Waals surface area contributed by atoms with Crippen LogP contribution in [0.1, 0.15) is 12.5 Å². The van der Waals surface area contributed by atoms with Crippen LogP contribution < -0.4 is 4.72 Å². The second-order valence-corrected chi connectivity index (χ2v) is 6.77. The Kier molecular flexibility index (Phi) is 4.70. The number of hydrogen-bond donors (Lipinski definition) is 2. The van der Waals surface area contributed by atoms with Crippen LogP contribution in [-0.2, 0) is 21.0 Å². The summed E-state index contributed by atoms with van der Waals surface area (Å²) in [7, 11) is -4.33. The first-order valence-electron chi connectivity index (χ1n) is 5.05. The second-order valence-electron chi connectivity index (χ2n) is 3.85. The van der Waals surface area contributed by atoms with Crippen molar-refractivity contribution in [3.05, 3.63) is 28.2 Å². The van der Waals surface area contributed by atoms with Gasteiger partial charge in [0.1, 0.15) is 0 Å². The molecule has 0 bridgehead atoms. The number of benzene rings is 1. The molecular formula is C10H9BrF3NO4S. The lowest BCUT2D eigenvalue weighted by Gasteiger charge is -2.14. The van der Waals surface area contributed by atoms with Gasteiger partial charge in [-0.2, -0.15) is 13.2 Å². The molecule has 0 radical (unpaired) electrons. The topological polar surface area (TPSA) is 83.5 Å². The Hall–Kier alpha value is -1.29. The zero-order valence-electron chi connectivity index (χ0n) is 9.90. The summed E-state index contributed by atoms with van der Waals surface area (Å²) in [5, 5.41) is 6.83. The maximum atomic E-state index is 12.6. The Balaban J connectivity index is 3.17. The average molecular weight is 376 g/mol. The third kappa shape index (κ3) is 4.10. The largest absolute Gasteiger partial charge is 0.480 e. The van der Waals surface area contributed by atoms with Crippen LogP contribution in [0.5, 0.6) is 0 Å². The molecule has 0 aliphatic rings. The van der Waals surface area contributed by atoms with Crippen LogP contribution in [0, 0.1) is 0 Å². The normalized spacial score (nSPS) is 13.8. The summed E-state index contributed by atoms with van der Waals surface area (Å²) in [4.78, 5) is 10.6. The number of carbonyl (C=O) groups is 1. The average Bonchev–Trinajstić information content (AvgIpc) is 2.25. The van der Waals surface area contributed by atoms with Crippen LogP contribution in [0.15, 0.2) is 22.7 Å². The zero-order valence-corrected chi connectivity index (χ0v) is 12.3. The monoisotopic (exact) mass is 375 g/mol. The van der Waals surface area contributed by atoms with Gasteiger partial charge in [0.25, 0.3) is 0 Å². The van der Waals surface area contributed by atoms with E-state index >= 15 is 0 Å². The molecule has 0 aliphatic heterocycles. The molecule has 0 aromatic heterocycles. The highest BCUT2D eigenvalue weighted by atomic mass is 79.9. The standard InChI is InChI=1S/C10H9BrF3NO4S/c1-5(9(16)17)20(18,19)15-8-3-6(10(12,13)14)2-7(11)4-8/h2-5,15H,1H3,(H,16,17). The highest BCUT2D eigenvalue weighted by Crippen LogP contribution is 2.33. The van der Waals surface area contributed by atoms with E-state index in [2.05, 4.69) is 15.9 Å². The predicted octanol–water partition coefficient (Wildman–Crippen LogP) is 2.68. The molecule has 0 amide bonds. The lowest BCUT2D eigenvalue weighted by molar-refractivity contribution is -0.138. The lowest BCUT2D eigenvalue weighted by atomic mass is 10.2. The summed E-state index contributed by atoms with van der Waals surface area (Å²) in [5.74, 6) is -1.61. The summed E-state index contributed by atoms with van der Waals surface area (Å²) < 4.78 is 62.8. The van der Waals surface area contributed by atoms with Crippen LogP contribution in [-0.4, -0.2) is 24.7 Å². The number of alkyl halides is 3. The van der Waals surface area contributed by atoms with Crippen molar-refractivity contribution < 1.29 is 31.5 Å². The summed E-state index contributed by atoms with van der Waals surface area (Å²) in [5.41, 5.74) is -1.44. The van der Waals surface area contributed by atoms with Gasteiger partial charge >= 0.3 is 12.1 Å². The fraction of sp³-hybridized carbons (Fsp3) is 0.300. The van der Waals surface area contributed by atoms with E-state index in [9.17, 15) is 26.4 Å². The molecule has 1 aromatic rings. The van der Waals surface area contributed by atoms with Gasteiger partial charge < -0.3 is 5.11 Å². The van der Waals surface area contributed by atoms with Gasteiger partial charge in [-0.25, -0.2) is 8.42 Å². The molecule has 1 rings (SSSR count). The highest BCUT2D eigenvalue weighted by molar-refractivity contribution is 9.10. The second kappa shape index (κ2) is 5.60. The molecule has 0 fully saturated rings. The van der Waals surface area contributed by atoms with Crippen molar-refractivity contribution >= 4 is 37.6 Å². The van der Waals surface area contributed by atoms with Gasteiger partial charge in [0.15, 0.2) is 5.25 Å². The SMILES string of the molecule is CC(C(=O)O)S(=O)(=O)Nc1cc(Br)cc(C(F)(F)F)c1. The number of halogens is 4. The number of nitrogens with one attached hydrogen (secondary N) is 1. The Morgan fingerprint density at radius 1 is 1.35 bits per heavy atom. The molecule has 0 saturated heterocycles. The smallest absolute Gasteiger partial charge is 0.416 e. The Morgan fingerprint density at radius 3 is 2.35 bits per heavy atom. The Labute approximate surface area is 121 Å². The van der Waals surface area contributed by atoms with E-state index in [1.54, 1.807) is 0 Å². The van der Waals surface area contributed by atoms with Crippen LogP contribution in [0.4, 0.5) is 18.9 Å². The quantitative estimate of drug-likeness (QED) is 0.847. The van der Waals surface area contributed by atoms with Crippen LogP contribution in [0.2, 0.25) is 0 Å². The van der Waals surface area contributed by atoms with E-state index in [1.165, 1.54) is 0 Å². The molecule has 112 valence electrons. The van der Waals surface area contributed by atoms with Crippen LogP contribution in [0.25, 0.3) is 0 Å². The van der Waals surface area contributed by atoms with Gasteiger partial charge in [0.2, 0.25) is 10.0 Å². The van der Waals surface area contributed by atoms with Crippen LogP contribution >= 0.6 is 15.9 Å². The molecule has 20 heavy (non-hydrogen) atoms. The molecule has 1 atom stereocenters. The molecule has 0 heterocycles. The predicted molar refractivity (Wildman–Crippen MR) is 68.8 cm³/mol. The van der Waals surface area contributed by atoms with E-state index < -0.39 is 33.0 Å². The summed E-state index contributed by atoms with van der Waals surface area (Å²) in [6.45, 7) is 0.910. The highest BCUT2D eigenvalue weighted by Gasteiger charge is 2.32. The van der Waals surface area contributed by atoms with Gasteiger partial charge in [-0.05, 0) is 25.1 Å². The first kappa shape index (κ1) is 16.8. The molecule has 1 unspecified atom stereocenters. The van der Waals surface area contributed by atoms with Gasteiger partial charge in [0.05, 0.1) is 11.3 Å². The van der Waals surface area contributed by atoms with Gasteiger partial charge in [-0.15, -0.1) is 0 Å². The number of hydrogen-bond acceptors (Lipinski definition) is 3. The van der Waals surface area contributed by atoms with Crippen molar-refractivity contribution in [3.8, 4) is 0 Å². The number of sulfonamides is 1. The van der Waals surface area contributed by atoms with E-state index in [-0.39, 0.29) is 10.2 Å². The third-order valence-electron chi connectivity index (χ3n) is 2.30. The fourth-order valence-electron chi connectivity index (χ4n) is 1.20. The molecule has 10 heteroatoms. The van der Waals surface area contributed by atoms with Gasteiger partial charge in [0, 0.05) is 4.47 Å². The maximum absolute atomic E-state index is 12.6. The third-order valence-corrected chi connectivity index (χ3v) is 4.41. The Bertz CT molecular complexity index is 630. The number of anilines is 1. The summed E-state index contributed by atoms with van der Waals surface area (Å²) >= 11 is 2.83. The lowest BCUT2D eigenvalue weighted by Crippen LogP contribution is -2.32. The first-order valence-corrected chi connectivity index (χ1v) is 7.39. The summed E-state index contributed by atoms with van der Waals surface area (Å²) in [6.07, 6.45) is -4.65. The van der Waals surface area contributed by atoms with Gasteiger partial charge in [-0.1, -0.05) is 15.9 Å². The molecule has 2 N–H and O–H groups in total. The Morgan fingerprint density at radius 2 is 1.90 bits per heavy atom. The minimum absolute atomic E-state index is 0.00741. The van der Waals surface area contributed by atoms with Crippen molar-refractivity contribution in [3.63, 3.8) is 0 Å².